The van der Waals surface area contributed by atoms with Crippen LogP contribution >= 0.6 is 11.6 Å². The zero-order chi connectivity index (χ0) is 22.1. The number of anilines is 1. The van der Waals surface area contributed by atoms with Crippen molar-refractivity contribution in [1.29, 1.82) is 0 Å². The van der Waals surface area contributed by atoms with E-state index in [1.807, 2.05) is 0 Å². The minimum absolute atomic E-state index is 0.0112. The third kappa shape index (κ3) is 4.59. The number of carboxylic acid groups (broad SMARTS) is 1. The molecule has 0 aliphatic rings. The molecular weight excluding hydrogens is 456 g/mol. The summed E-state index contributed by atoms with van der Waals surface area (Å²) in [6, 6.07) is 10.5. The quantitative estimate of drug-likeness (QED) is 0.336. The molecule has 0 saturated heterocycles. The van der Waals surface area contributed by atoms with Crippen molar-refractivity contribution in [3.8, 4) is 5.75 Å². The Bertz CT molecular complexity index is 1250. The van der Waals surface area contributed by atoms with E-state index in [9.17, 15) is 22.5 Å². The molecule has 1 aromatic heterocycles. The van der Waals surface area contributed by atoms with E-state index in [4.69, 9.17) is 20.3 Å². The largest absolute Gasteiger partial charge is 0.480 e. The summed E-state index contributed by atoms with van der Waals surface area (Å²) in [4.78, 5) is 11.1. The van der Waals surface area contributed by atoms with E-state index < -0.39 is 33.7 Å². The van der Waals surface area contributed by atoms with Gasteiger partial charge in [-0.1, -0.05) is 23.7 Å². The fourth-order valence-electron chi connectivity index (χ4n) is 3.11. The highest BCUT2D eigenvalue weighted by molar-refractivity contribution is 7.87. The lowest BCUT2D eigenvalue weighted by Gasteiger charge is -2.10. The molecule has 3 aromatic rings. The first kappa shape index (κ1) is 22.1. The zero-order valence-electron chi connectivity index (χ0n) is 15.5. The molecule has 12 heteroatoms. The molecule has 0 aliphatic heterocycles. The number of halogens is 1. The Morgan fingerprint density at radius 1 is 1.27 bits per heavy atom. The highest BCUT2D eigenvalue weighted by Crippen LogP contribution is 2.36. The van der Waals surface area contributed by atoms with Crippen molar-refractivity contribution in [3.05, 3.63) is 53.2 Å². The molecule has 160 valence electrons. The van der Waals surface area contributed by atoms with Gasteiger partial charge < -0.3 is 23.7 Å². The summed E-state index contributed by atoms with van der Waals surface area (Å²) in [7, 11) is -4.41. The van der Waals surface area contributed by atoms with E-state index in [1.54, 1.807) is 18.2 Å². The minimum atomic E-state index is -4.41. The van der Waals surface area contributed by atoms with Gasteiger partial charge in [-0.2, -0.15) is 8.42 Å². The second kappa shape index (κ2) is 8.64. The second-order valence-corrected chi connectivity index (χ2v) is 9.08. The number of carboxylic acids is 1. The molecule has 0 aliphatic carbocycles. The molecular formula is C18H17ClN2O7S2. The summed E-state index contributed by atoms with van der Waals surface area (Å²) in [5.41, 5.74) is 0.709. The average molecular weight is 473 g/mol. The Labute approximate surface area is 179 Å². The van der Waals surface area contributed by atoms with Crippen LogP contribution < -0.4 is 9.50 Å². The van der Waals surface area contributed by atoms with Crippen LogP contribution in [0, 0.1) is 6.92 Å². The Balaban J connectivity index is 2.24. The lowest BCUT2D eigenvalue weighted by molar-refractivity contribution is -0.137. The molecule has 30 heavy (non-hydrogen) atoms. The molecule has 1 heterocycles. The minimum Gasteiger partial charge on any atom is -0.480 e. The Kier molecular flexibility index (Phi) is 6.36. The summed E-state index contributed by atoms with van der Waals surface area (Å²) < 4.78 is 53.1. The Hall–Kier alpha value is -2.60. The fourth-order valence-corrected chi connectivity index (χ4v) is 4.94. The predicted octanol–water partition coefficient (Wildman–Crippen LogP) is 3.05. The summed E-state index contributed by atoms with van der Waals surface area (Å²) in [5, 5.41) is 12.4. The number of aromatic nitrogens is 1. The first-order chi connectivity index (χ1) is 14.1. The van der Waals surface area contributed by atoms with Gasteiger partial charge in [-0.15, -0.1) is 0 Å². The van der Waals surface area contributed by atoms with Crippen molar-refractivity contribution in [2.75, 3.05) is 11.2 Å². The summed E-state index contributed by atoms with van der Waals surface area (Å²) in [6.45, 7) is 0.982. The molecule has 0 amide bonds. The smallest absolute Gasteiger partial charge is 0.341 e. The van der Waals surface area contributed by atoms with Crippen LogP contribution in [0.15, 0.2) is 47.4 Å². The van der Waals surface area contributed by atoms with Crippen molar-refractivity contribution >= 4 is 55.4 Å². The third-order valence-corrected chi connectivity index (χ3v) is 6.26. The highest BCUT2D eigenvalue weighted by Gasteiger charge is 2.29. The number of nitrogens with zero attached hydrogens (tertiary/aromatic N) is 1. The lowest BCUT2D eigenvalue weighted by Crippen LogP contribution is -2.14. The molecule has 0 radical (unpaired) electrons. The van der Waals surface area contributed by atoms with E-state index >= 15 is 0 Å². The van der Waals surface area contributed by atoms with E-state index in [0.717, 1.165) is 0 Å². The topological polar surface area (TPSA) is 135 Å². The molecule has 0 fully saturated rings. The van der Waals surface area contributed by atoms with Crippen molar-refractivity contribution in [2.24, 2.45) is 0 Å². The van der Waals surface area contributed by atoms with Crippen LogP contribution in [0.2, 0.25) is 5.02 Å². The van der Waals surface area contributed by atoms with E-state index in [0.29, 0.717) is 5.52 Å². The maximum Gasteiger partial charge on any atom is 0.341 e. The van der Waals surface area contributed by atoms with Gasteiger partial charge in [0.15, 0.2) is 11.1 Å². The van der Waals surface area contributed by atoms with Crippen LogP contribution in [0.5, 0.6) is 5.75 Å². The molecule has 1 unspecified atom stereocenters. The van der Waals surface area contributed by atoms with Crippen molar-refractivity contribution in [3.63, 3.8) is 0 Å². The van der Waals surface area contributed by atoms with E-state index in [-0.39, 0.29) is 38.3 Å². The van der Waals surface area contributed by atoms with Gasteiger partial charge in [-0.25, -0.2) is 4.21 Å². The molecule has 9 nitrogen and oxygen atoms in total. The molecule has 0 saturated carbocycles. The van der Waals surface area contributed by atoms with Gasteiger partial charge >= 0.3 is 16.1 Å². The molecule has 3 N–H and O–H groups in total. The van der Waals surface area contributed by atoms with Gasteiger partial charge in [-0.3, -0.25) is 4.79 Å². The molecule has 1 atom stereocenters. The van der Waals surface area contributed by atoms with Crippen LogP contribution in [0.25, 0.3) is 10.9 Å². The lowest BCUT2D eigenvalue weighted by atomic mass is 10.2. The van der Waals surface area contributed by atoms with Crippen molar-refractivity contribution in [1.82, 2.24) is 4.57 Å². The molecule has 3 rings (SSSR count). The predicted molar refractivity (Wildman–Crippen MR) is 113 cm³/mol. The number of hydrogen-bond acceptors (Lipinski definition) is 6. The maximum absolute atomic E-state index is 13.2. The number of benzene rings is 2. The average Bonchev–Trinajstić information content (AvgIpc) is 2.92. The van der Waals surface area contributed by atoms with Gasteiger partial charge in [0.1, 0.15) is 23.1 Å². The maximum atomic E-state index is 13.2. The standard InChI is InChI=1S/C18H17ClN2O7S2/c1-11-18(30(26,27)28-13-5-2-4-12(19)8-13)17-14(20-10-29(24)25)6-3-7-15(17)21(11)9-16(22)23/h2-8,20H,9-10H2,1H3,(H,22,23)(H,24,25). The molecule has 0 bridgehead atoms. The van der Waals surface area contributed by atoms with Gasteiger partial charge in [0.2, 0.25) is 0 Å². The van der Waals surface area contributed by atoms with Gasteiger partial charge in [0, 0.05) is 27.9 Å². The van der Waals surface area contributed by atoms with Crippen LogP contribution in [0.1, 0.15) is 5.69 Å². The Morgan fingerprint density at radius 3 is 2.60 bits per heavy atom. The SMILES string of the molecule is Cc1c(S(=O)(=O)Oc2cccc(Cl)c2)c2c(NCS(=O)O)cccc2n1CC(=O)O. The zero-order valence-corrected chi connectivity index (χ0v) is 17.9. The highest BCUT2D eigenvalue weighted by atomic mass is 35.5. The van der Waals surface area contributed by atoms with Crippen LogP contribution in [0.3, 0.4) is 0 Å². The number of nitrogens with one attached hydrogen (secondary N) is 1. The van der Waals surface area contributed by atoms with Crippen LogP contribution in [0.4, 0.5) is 5.69 Å². The normalized spacial score (nSPS) is 12.6. The van der Waals surface area contributed by atoms with Crippen molar-refractivity contribution in [2.45, 2.75) is 18.4 Å². The van der Waals surface area contributed by atoms with Crippen LogP contribution in [-0.4, -0.2) is 38.7 Å². The number of rotatable bonds is 8. The Morgan fingerprint density at radius 2 is 1.97 bits per heavy atom. The fraction of sp³-hybridized carbons (Fsp3) is 0.167. The second-order valence-electron chi connectivity index (χ2n) is 6.23. The molecule has 0 spiro atoms. The number of carbonyl (C=O) groups is 1. The first-order valence-corrected chi connectivity index (χ1v) is 11.5. The first-order valence-electron chi connectivity index (χ1n) is 8.45. The van der Waals surface area contributed by atoms with Gasteiger partial charge in [0.05, 0.1) is 5.52 Å². The van der Waals surface area contributed by atoms with Crippen molar-refractivity contribution < 1.29 is 31.3 Å². The summed E-state index contributed by atoms with van der Waals surface area (Å²) in [6.07, 6.45) is 0. The van der Waals surface area contributed by atoms with Gasteiger partial charge in [0.25, 0.3) is 0 Å². The monoisotopic (exact) mass is 472 g/mol. The van der Waals surface area contributed by atoms with E-state index in [1.165, 1.54) is 35.8 Å². The third-order valence-electron chi connectivity index (χ3n) is 4.23. The molecule has 2 aromatic carbocycles. The number of hydrogen-bond donors (Lipinski definition) is 3. The number of aliphatic carboxylic acids is 1. The summed E-state index contributed by atoms with van der Waals surface area (Å²) in [5.74, 6) is -1.52. The number of fused-ring (bicyclic) bond motifs is 1. The van der Waals surface area contributed by atoms with Crippen LogP contribution in [-0.2, 0) is 32.5 Å². The van der Waals surface area contributed by atoms with E-state index in [2.05, 4.69) is 5.32 Å². The van der Waals surface area contributed by atoms with Gasteiger partial charge in [-0.05, 0) is 31.2 Å². The summed E-state index contributed by atoms with van der Waals surface area (Å²) >= 11 is 3.71.